The second kappa shape index (κ2) is 8.78. The second-order valence-corrected chi connectivity index (χ2v) is 6.76. The summed E-state index contributed by atoms with van der Waals surface area (Å²) in [6, 6.07) is 17.7. The lowest BCUT2D eigenvalue weighted by Crippen LogP contribution is -2.10. The molecule has 0 saturated carbocycles. The molecule has 0 aliphatic rings. The zero-order valence-electron chi connectivity index (χ0n) is 16.9. The van der Waals surface area contributed by atoms with Crippen LogP contribution in [-0.2, 0) is 6.61 Å². The lowest BCUT2D eigenvalue weighted by molar-refractivity contribution is -0.384. The van der Waals surface area contributed by atoms with Gasteiger partial charge in [-0.25, -0.2) is 0 Å². The lowest BCUT2D eigenvalue weighted by Gasteiger charge is -2.06. The number of rotatable bonds is 7. The van der Waals surface area contributed by atoms with Gasteiger partial charge in [-0.1, -0.05) is 12.1 Å². The maximum atomic E-state index is 12.7. The summed E-state index contributed by atoms with van der Waals surface area (Å²) >= 11 is 0. The highest BCUT2D eigenvalue weighted by Crippen LogP contribution is 2.34. The van der Waals surface area contributed by atoms with E-state index in [2.05, 4.69) is 5.32 Å². The van der Waals surface area contributed by atoms with E-state index in [1.165, 1.54) is 31.4 Å². The number of anilines is 1. The molecule has 0 aliphatic carbocycles. The topological polar surface area (TPSA) is 128 Å². The standard InChI is InChI=1S/C23H18N2O7/c1-30-16-5-7-18(19(12-16)25(28)29)21-9-10-22(32-21)23(27)24-15-4-2-3-14(11-15)20-8-6-17(13-26)31-20/h2-12,26H,13H2,1H3,(H,24,27). The Labute approximate surface area is 182 Å². The summed E-state index contributed by atoms with van der Waals surface area (Å²) in [5, 5.41) is 23.3. The van der Waals surface area contributed by atoms with Gasteiger partial charge in [0.05, 0.1) is 23.7 Å². The molecular weight excluding hydrogens is 416 g/mol. The Morgan fingerprint density at radius 3 is 2.59 bits per heavy atom. The average molecular weight is 434 g/mol. The third-order valence-electron chi connectivity index (χ3n) is 4.72. The molecule has 0 aliphatic heterocycles. The summed E-state index contributed by atoms with van der Waals surface area (Å²) in [6.07, 6.45) is 0. The Hall–Kier alpha value is -4.37. The van der Waals surface area contributed by atoms with Gasteiger partial charge >= 0.3 is 0 Å². The summed E-state index contributed by atoms with van der Waals surface area (Å²) in [4.78, 5) is 23.5. The fourth-order valence-electron chi connectivity index (χ4n) is 3.16. The molecule has 9 heteroatoms. The van der Waals surface area contributed by atoms with E-state index in [0.29, 0.717) is 23.0 Å². The first kappa shape index (κ1) is 20.9. The summed E-state index contributed by atoms with van der Waals surface area (Å²) < 4.78 is 16.2. The largest absolute Gasteiger partial charge is 0.497 e. The monoisotopic (exact) mass is 434 g/mol. The maximum absolute atomic E-state index is 12.7. The molecule has 0 spiro atoms. The number of nitro benzene ring substituents is 1. The number of nitro groups is 1. The summed E-state index contributed by atoms with van der Waals surface area (Å²) in [7, 11) is 1.42. The fraction of sp³-hybridized carbons (Fsp3) is 0.0870. The molecule has 0 radical (unpaired) electrons. The van der Waals surface area contributed by atoms with Gasteiger partial charge in [-0.2, -0.15) is 0 Å². The number of hydrogen-bond donors (Lipinski definition) is 2. The fourth-order valence-corrected chi connectivity index (χ4v) is 3.16. The van der Waals surface area contributed by atoms with Gasteiger partial charge in [0.25, 0.3) is 11.6 Å². The number of nitrogens with one attached hydrogen (secondary N) is 1. The predicted octanol–water partition coefficient (Wildman–Crippen LogP) is 4.87. The molecule has 32 heavy (non-hydrogen) atoms. The van der Waals surface area contributed by atoms with E-state index in [9.17, 15) is 14.9 Å². The van der Waals surface area contributed by atoms with Crippen LogP contribution in [0.2, 0.25) is 0 Å². The minimum absolute atomic E-state index is 0.00363. The first-order valence-corrected chi connectivity index (χ1v) is 9.52. The van der Waals surface area contributed by atoms with Crippen LogP contribution in [0.3, 0.4) is 0 Å². The Kier molecular flexibility index (Phi) is 5.73. The van der Waals surface area contributed by atoms with Crippen LogP contribution in [0, 0.1) is 10.1 Å². The van der Waals surface area contributed by atoms with E-state index in [4.69, 9.17) is 18.7 Å². The number of hydrogen-bond acceptors (Lipinski definition) is 7. The highest BCUT2D eigenvalue weighted by molar-refractivity contribution is 6.03. The SMILES string of the molecule is COc1ccc(-c2ccc(C(=O)Nc3cccc(-c4ccc(CO)o4)c3)o2)c([N+](=O)[O-])c1. The van der Waals surface area contributed by atoms with Crippen molar-refractivity contribution in [3.8, 4) is 28.4 Å². The third kappa shape index (κ3) is 4.23. The molecule has 2 aromatic carbocycles. The Morgan fingerprint density at radius 2 is 1.88 bits per heavy atom. The molecule has 4 aromatic rings. The van der Waals surface area contributed by atoms with Crippen LogP contribution in [0.25, 0.3) is 22.6 Å². The molecule has 0 saturated heterocycles. The van der Waals surface area contributed by atoms with Crippen molar-refractivity contribution in [3.63, 3.8) is 0 Å². The van der Waals surface area contributed by atoms with Crippen LogP contribution in [0.15, 0.2) is 75.6 Å². The summed E-state index contributed by atoms with van der Waals surface area (Å²) in [5.74, 6) is 0.997. The number of nitrogens with zero attached hydrogens (tertiary/aromatic N) is 1. The normalized spacial score (nSPS) is 10.7. The van der Waals surface area contributed by atoms with Crippen molar-refractivity contribution < 1.29 is 28.4 Å². The van der Waals surface area contributed by atoms with Gasteiger partial charge in [-0.05, 0) is 48.5 Å². The number of furan rings is 2. The molecule has 2 N–H and O–H groups in total. The molecule has 162 valence electrons. The molecule has 1 amide bonds. The number of amides is 1. The molecule has 0 unspecified atom stereocenters. The quantitative estimate of drug-likeness (QED) is 0.314. The van der Waals surface area contributed by atoms with E-state index >= 15 is 0 Å². The zero-order valence-corrected chi connectivity index (χ0v) is 16.9. The van der Waals surface area contributed by atoms with Crippen molar-refractivity contribution in [1.82, 2.24) is 0 Å². The van der Waals surface area contributed by atoms with Crippen molar-refractivity contribution in [2.75, 3.05) is 12.4 Å². The van der Waals surface area contributed by atoms with Crippen molar-refractivity contribution in [2.45, 2.75) is 6.61 Å². The van der Waals surface area contributed by atoms with E-state index in [-0.39, 0.29) is 29.4 Å². The van der Waals surface area contributed by atoms with Crippen LogP contribution < -0.4 is 10.1 Å². The third-order valence-corrected chi connectivity index (χ3v) is 4.72. The van der Waals surface area contributed by atoms with E-state index in [1.807, 2.05) is 6.07 Å². The lowest BCUT2D eigenvalue weighted by atomic mass is 10.1. The summed E-state index contributed by atoms with van der Waals surface area (Å²) in [5.41, 5.74) is 1.26. The van der Waals surface area contributed by atoms with Gasteiger partial charge in [0.1, 0.15) is 29.6 Å². The number of carbonyl (C=O) groups is 1. The van der Waals surface area contributed by atoms with E-state index in [1.54, 1.807) is 36.4 Å². The van der Waals surface area contributed by atoms with Crippen molar-refractivity contribution in [1.29, 1.82) is 0 Å². The molecule has 4 rings (SSSR count). The molecule has 0 bridgehead atoms. The van der Waals surface area contributed by atoms with Gasteiger partial charge in [-0.15, -0.1) is 0 Å². The summed E-state index contributed by atoms with van der Waals surface area (Å²) in [6.45, 7) is -0.205. The van der Waals surface area contributed by atoms with Crippen LogP contribution in [0.1, 0.15) is 16.3 Å². The van der Waals surface area contributed by atoms with Gasteiger partial charge in [0.2, 0.25) is 0 Å². The van der Waals surface area contributed by atoms with Crippen LogP contribution in [-0.4, -0.2) is 23.0 Å². The number of carbonyl (C=O) groups excluding carboxylic acids is 1. The first-order valence-electron chi connectivity index (χ1n) is 9.52. The number of aliphatic hydroxyl groups is 1. The minimum atomic E-state index is -0.539. The smallest absolute Gasteiger partial charge is 0.291 e. The Bertz CT molecular complexity index is 1290. The number of aliphatic hydroxyl groups excluding tert-OH is 1. The Balaban J connectivity index is 1.55. The number of methoxy groups -OCH3 is 1. The van der Waals surface area contributed by atoms with E-state index < -0.39 is 10.8 Å². The Morgan fingerprint density at radius 1 is 1.06 bits per heavy atom. The molecular formula is C23H18N2O7. The van der Waals surface area contributed by atoms with Gasteiger partial charge in [0, 0.05) is 11.3 Å². The highest BCUT2D eigenvalue weighted by atomic mass is 16.6. The van der Waals surface area contributed by atoms with Crippen LogP contribution >= 0.6 is 0 Å². The molecule has 0 fully saturated rings. The molecule has 0 atom stereocenters. The van der Waals surface area contributed by atoms with Crippen molar-refractivity contribution in [2.24, 2.45) is 0 Å². The number of benzene rings is 2. The van der Waals surface area contributed by atoms with Gasteiger partial charge in [0.15, 0.2) is 5.76 Å². The van der Waals surface area contributed by atoms with E-state index in [0.717, 1.165) is 5.56 Å². The van der Waals surface area contributed by atoms with Crippen LogP contribution in [0.5, 0.6) is 5.75 Å². The maximum Gasteiger partial charge on any atom is 0.291 e. The van der Waals surface area contributed by atoms with Gasteiger partial charge < -0.3 is 24.0 Å². The molecule has 9 nitrogen and oxygen atoms in total. The van der Waals surface area contributed by atoms with Crippen molar-refractivity contribution in [3.05, 3.63) is 88.4 Å². The van der Waals surface area contributed by atoms with Crippen molar-refractivity contribution >= 4 is 17.3 Å². The van der Waals surface area contributed by atoms with Crippen LogP contribution in [0.4, 0.5) is 11.4 Å². The number of ether oxygens (including phenoxy) is 1. The second-order valence-electron chi connectivity index (χ2n) is 6.76. The minimum Gasteiger partial charge on any atom is -0.497 e. The molecule has 2 aromatic heterocycles. The molecule has 2 heterocycles. The highest BCUT2D eigenvalue weighted by Gasteiger charge is 2.21. The predicted molar refractivity (Wildman–Crippen MR) is 115 cm³/mol. The van der Waals surface area contributed by atoms with Gasteiger partial charge in [-0.3, -0.25) is 14.9 Å². The first-order chi connectivity index (χ1) is 15.5. The zero-order chi connectivity index (χ0) is 22.7. The average Bonchev–Trinajstić information content (AvgIpc) is 3.49.